The fourth-order valence-corrected chi connectivity index (χ4v) is 2.89. The average molecular weight is 295 g/mol. The lowest BCUT2D eigenvalue weighted by molar-refractivity contribution is 0.419. The number of rotatable bonds is 6. The molecule has 1 N–H and O–H groups in total. The van der Waals surface area contributed by atoms with Crippen LogP contribution in [0.1, 0.15) is 18.0 Å². The minimum absolute atomic E-state index is 0.255. The van der Waals surface area contributed by atoms with Crippen molar-refractivity contribution < 1.29 is 4.74 Å². The second-order valence-electron chi connectivity index (χ2n) is 5.29. The highest BCUT2D eigenvalue weighted by Crippen LogP contribution is 2.30. The van der Waals surface area contributed by atoms with Gasteiger partial charge in [0.2, 0.25) is 0 Å². The molecule has 0 fully saturated rings. The van der Waals surface area contributed by atoms with Gasteiger partial charge in [-0.05, 0) is 37.7 Å². The van der Waals surface area contributed by atoms with E-state index in [2.05, 4.69) is 51.4 Å². The molecule has 0 aliphatic rings. The maximum atomic E-state index is 5.44. The van der Waals surface area contributed by atoms with Gasteiger partial charge in [0.1, 0.15) is 11.4 Å². The van der Waals surface area contributed by atoms with E-state index in [0.29, 0.717) is 0 Å². The van der Waals surface area contributed by atoms with Crippen molar-refractivity contribution in [2.75, 3.05) is 20.7 Å². The number of ether oxygens (including phenoxy) is 1. The summed E-state index contributed by atoms with van der Waals surface area (Å²) in [7, 11) is 3.68. The number of hydrogen-bond donors (Lipinski definition) is 1. The molecule has 0 aliphatic carbocycles. The van der Waals surface area contributed by atoms with E-state index in [1.54, 1.807) is 13.3 Å². The lowest BCUT2D eigenvalue weighted by Crippen LogP contribution is -2.17. The van der Waals surface area contributed by atoms with E-state index in [0.717, 1.165) is 29.7 Å². The predicted octanol–water partition coefficient (Wildman–Crippen LogP) is 3.24. The number of fused-ring (bicyclic) bond motifs is 1. The second-order valence-corrected chi connectivity index (χ2v) is 5.29. The summed E-state index contributed by atoms with van der Waals surface area (Å²) in [4.78, 5) is 4.57. The van der Waals surface area contributed by atoms with Gasteiger partial charge in [0.25, 0.3) is 0 Å². The number of aromatic nitrogens is 2. The van der Waals surface area contributed by atoms with E-state index in [1.165, 1.54) is 5.56 Å². The average Bonchev–Trinajstić information content (AvgIpc) is 3.00. The van der Waals surface area contributed by atoms with Crippen molar-refractivity contribution in [3.05, 3.63) is 60.4 Å². The molecule has 0 spiro atoms. The zero-order valence-electron chi connectivity index (χ0n) is 13.0. The van der Waals surface area contributed by atoms with Crippen LogP contribution < -0.4 is 10.1 Å². The molecule has 0 saturated carbocycles. The van der Waals surface area contributed by atoms with Gasteiger partial charge in [-0.15, -0.1) is 0 Å². The van der Waals surface area contributed by atoms with Gasteiger partial charge in [0.05, 0.1) is 18.5 Å². The number of nitrogens with zero attached hydrogens (tertiary/aromatic N) is 2. The summed E-state index contributed by atoms with van der Waals surface area (Å²) in [6, 6.07) is 14.8. The van der Waals surface area contributed by atoms with Crippen LogP contribution in [0.4, 0.5) is 0 Å². The molecule has 4 heteroatoms. The standard InChI is InChI=1S/C18H21N3O/c1-19-11-8-16(14-6-4-3-5-7-14)21-13-10-15-17(22-2)9-12-20-18(15)21/h3-7,9-10,12-13,16,19H,8,11H2,1-2H3. The Kier molecular flexibility index (Phi) is 4.39. The van der Waals surface area contributed by atoms with Crippen molar-refractivity contribution >= 4 is 11.0 Å². The Morgan fingerprint density at radius 3 is 2.73 bits per heavy atom. The van der Waals surface area contributed by atoms with Gasteiger partial charge in [-0.3, -0.25) is 0 Å². The maximum absolute atomic E-state index is 5.44. The van der Waals surface area contributed by atoms with Gasteiger partial charge < -0.3 is 14.6 Å². The molecule has 22 heavy (non-hydrogen) atoms. The van der Waals surface area contributed by atoms with Crippen molar-refractivity contribution in [1.82, 2.24) is 14.9 Å². The summed E-state index contributed by atoms with van der Waals surface area (Å²) in [5.41, 5.74) is 2.25. The van der Waals surface area contributed by atoms with Crippen LogP contribution in [0.5, 0.6) is 5.75 Å². The molecule has 0 aliphatic heterocycles. The van der Waals surface area contributed by atoms with E-state index in [9.17, 15) is 0 Å². The van der Waals surface area contributed by atoms with E-state index >= 15 is 0 Å². The van der Waals surface area contributed by atoms with E-state index in [-0.39, 0.29) is 6.04 Å². The summed E-state index contributed by atoms with van der Waals surface area (Å²) in [6.45, 7) is 0.948. The van der Waals surface area contributed by atoms with Gasteiger partial charge in [-0.25, -0.2) is 4.98 Å². The molecule has 2 heterocycles. The van der Waals surface area contributed by atoms with Gasteiger partial charge in [0, 0.05) is 12.4 Å². The highest BCUT2D eigenvalue weighted by Gasteiger charge is 2.17. The third kappa shape index (κ3) is 2.70. The molecule has 4 nitrogen and oxygen atoms in total. The first-order valence-electron chi connectivity index (χ1n) is 7.54. The van der Waals surface area contributed by atoms with Crippen molar-refractivity contribution in [2.24, 2.45) is 0 Å². The molecule has 3 aromatic rings. The lowest BCUT2D eigenvalue weighted by atomic mass is 10.0. The number of nitrogens with one attached hydrogen (secondary N) is 1. The smallest absolute Gasteiger partial charge is 0.144 e. The van der Waals surface area contributed by atoms with Crippen LogP contribution >= 0.6 is 0 Å². The van der Waals surface area contributed by atoms with Crippen LogP contribution in [0.3, 0.4) is 0 Å². The predicted molar refractivity (Wildman–Crippen MR) is 89.4 cm³/mol. The fourth-order valence-electron chi connectivity index (χ4n) is 2.89. The van der Waals surface area contributed by atoms with Gasteiger partial charge in [-0.1, -0.05) is 30.3 Å². The number of pyridine rings is 1. The Bertz CT molecular complexity index is 736. The zero-order valence-corrected chi connectivity index (χ0v) is 13.0. The minimum atomic E-state index is 0.255. The summed E-state index contributed by atoms with van der Waals surface area (Å²) in [5, 5.41) is 4.29. The highest BCUT2D eigenvalue weighted by atomic mass is 16.5. The summed E-state index contributed by atoms with van der Waals surface area (Å²) in [6.07, 6.45) is 4.91. The summed E-state index contributed by atoms with van der Waals surface area (Å²) >= 11 is 0. The molecule has 1 aromatic carbocycles. The molecule has 0 saturated heterocycles. The third-order valence-electron chi connectivity index (χ3n) is 3.98. The number of hydrogen-bond acceptors (Lipinski definition) is 3. The van der Waals surface area contributed by atoms with Crippen LogP contribution in [-0.2, 0) is 0 Å². The quantitative estimate of drug-likeness (QED) is 0.759. The number of benzene rings is 1. The molecule has 3 rings (SSSR count). The van der Waals surface area contributed by atoms with Crippen LogP contribution in [0, 0.1) is 0 Å². The first-order valence-corrected chi connectivity index (χ1v) is 7.54. The van der Waals surface area contributed by atoms with E-state index < -0.39 is 0 Å². The lowest BCUT2D eigenvalue weighted by Gasteiger charge is -2.20. The molecule has 0 radical (unpaired) electrons. The molecule has 0 bridgehead atoms. The van der Waals surface area contributed by atoms with E-state index in [1.807, 2.05) is 19.2 Å². The molecule has 1 atom stereocenters. The van der Waals surface area contributed by atoms with Crippen LogP contribution in [0.15, 0.2) is 54.9 Å². The Morgan fingerprint density at radius 1 is 1.18 bits per heavy atom. The normalized spacial score (nSPS) is 12.5. The molecular formula is C18H21N3O. The van der Waals surface area contributed by atoms with E-state index in [4.69, 9.17) is 4.74 Å². The van der Waals surface area contributed by atoms with Crippen molar-refractivity contribution in [1.29, 1.82) is 0 Å². The van der Waals surface area contributed by atoms with Crippen LogP contribution in [0.25, 0.3) is 11.0 Å². The molecule has 0 amide bonds. The maximum Gasteiger partial charge on any atom is 0.144 e. The van der Waals surface area contributed by atoms with Gasteiger partial charge in [0.15, 0.2) is 0 Å². The SMILES string of the molecule is CNCCC(c1ccccc1)n1ccc2c(OC)ccnc21. The first-order chi connectivity index (χ1) is 10.8. The van der Waals surface area contributed by atoms with Crippen molar-refractivity contribution in [3.63, 3.8) is 0 Å². The van der Waals surface area contributed by atoms with Crippen molar-refractivity contribution in [2.45, 2.75) is 12.5 Å². The Balaban J connectivity index is 2.08. The van der Waals surface area contributed by atoms with Gasteiger partial charge >= 0.3 is 0 Å². The molecule has 1 unspecified atom stereocenters. The minimum Gasteiger partial charge on any atom is -0.496 e. The number of methoxy groups -OCH3 is 1. The summed E-state index contributed by atoms with van der Waals surface area (Å²) in [5.74, 6) is 0.865. The molecule has 114 valence electrons. The highest BCUT2D eigenvalue weighted by molar-refractivity contribution is 5.83. The second kappa shape index (κ2) is 6.62. The van der Waals surface area contributed by atoms with Crippen molar-refractivity contribution in [3.8, 4) is 5.75 Å². The largest absolute Gasteiger partial charge is 0.496 e. The summed E-state index contributed by atoms with van der Waals surface area (Å²) < 4.78 is 7.68. The Morgan fingerprint density at radius 2 is 2.00 bits per heavy atom. The monoisotopic (exact) mass is 295 g/mol. The topological polar surface area (TPSA) is 39.1 Å². The Labute approximate surface area is 130 Å². The first kappa shape index (κ1) is 14.6. The zero-order chi connectivity index (χ0) is 15.4. The van der Waals surface area contributed by atoms with Gasteiger partial charge in [-0.2, -0.15) is 0 Å². The molecular weight excluding hydrogens is 274 g/mol. The third-order valence-corrected chi connectivity index (χ3v) is 3.98. The van der Waals surface area contributed by atoms with Crippen LogP contribution in [-0.4, -0.2) is 30.3 Å². The molecule has 2 aromatic heterocycles. The fraction of sp³-hybridized carbons (Fsp3) is 0.278. The Hall–Kier alpha value is -2.33. The van der Waals surface area contributed by atoms with Crippen LogP contribution in [0.2, 0.25) is 0 Å².